The Balaban J connectivity index is 0. The summed E-state index contributed by atoms with van der Waals surface area (Å²) in [5.41, 5.74) is -1.06. The number of methoxy groups -OCH3 is 1. The molecule has 0 spiro atoms. The second kappa shape index (κ2) is 18.8. The normalized spacial score (nSPS) is 10.4. The van der Waals surface area contributed by atoms with Crippen molar-refractivity contribution in [1.29, 1.82) is 0 Å². The number of hydrogen-bond acceptors (Lipinski definition) is 12. The molecule has 210 valence electrons. The van der Waals surface area contributed by atoms with Crippen LogP contribution in [-0.2, 0) is 57.3 Å². The molecule has 12 heteroatoms. The maximum absolute atomic E-state index is 11.6. The molecule has 0 aliphatic heterocycles. The number of ether oxygens (including phenoxy) is 4. The van der Waals surface area contributed by atoms with Crippen molar-refractivity contribution in [2.45, 2.75) is 73.6 Å². The lowest BCUT2D eigenvalue weighted by Crippen LogP contribution is -2.39. The Labute approximate surface area is 216 Å². The number of carbonyl (C=O) groups is 8. The van der Waals surface area contributed by atoms with Gasteiger partial charge < -0.3 is 18.9 Å². The van der Waals surface area contributed by atoms with Gasteiger partial charge in [-0.2, -0.15) is 0 Å². The quantitative estimate of drug-likeness (QED) is 0.161. The molecular formula is C25H38O12. The van der Waals surface area contributed by atoms with Gasteiger partial charge in [0.1, 0.15) is 68.6 Å². The summed E-state index contributed by atoms with van der Waals surface area (Å²) in [5.74, 6) is -4.01. The number of Topliss-reactive ketones (excluding diaryl/α,β-unsaturated/α-hetero) is 4. The Morgan fingerprint density at radius 3 is 1.14 bits per heavy atom. The van der Waals surface area contributed by atoms with E-state index in [1.807, 2.05) is 0 Å². The molecule has 0 saturated carbocycles. The molecule has 12 nitrogen and oxygen atoms in total. The highest BCUT2D eigenvalue weighted by Gasteiger charge is 2.34. The van der Waals surface area contributed by atoms with E-state index in [-0.39, 0.29) is 55.3 Å². The van der Waals surface area contributed by atoms with Crippen LogP contribution < -0.4 is 0 Å². The highest BCUT2D eigenvalue weighted by Crippen LogP contribution is 2.25. The molecule has 0 N–H and O–H groups in total. The van der Waals surface area contributed by atoms with Crippen LogP contribution in [0.4, 0.5) is 0 Å². The largest absolute Gasteiger partial charge is 0.469 e. The number of esters is 4. The first-order chi connectivity index (χ1) is 17.1. The van der Waals surface area contributed by atoms with E-state index >= 15 is 0 Å². The summed E-state index contributed by atoms with van der Waals surface area (Å²) < 4.78 is 19.5. The standard InChI is InChI=1S/C18H26O9.C7H12O3/c1-5-18(9-25-15(22)6-12(2)19,10-26-16(23)7-13(3)20)11-27-17(24)8-14(4)21;1-5(2)6(8)4-7(9)10-3/h5-11H2,1-4H3;5H,4H2,1-3H3. The van der Waals surface area contributed by atoms with Crippen LogP contribution in [0, 0.1) is 11.3 Å². The summed E-state index contributed by atoms with van der Waals surface area (Å²) in [7, 11) is 1.27. The minimum atomic E-state index is -1.06. The molecule has 0 aromatic heterocycles. The third-order valence-corrected chi connectivity index (χ3v) is 4.74. The van der Waals surface area contributed by atoms with Crippen molar-refractivity contribution in [2.75, 3.05) is 26.9 Å². The van der Waals surface area contributed by atoms with Crippen LogP contribution in [0.3, 0.4) is 0 Å². The molecule has 0 saturated heterocycles. The minimum Gasteiger partial charge on any atom is -0.469 e. The van der Waals surface area contributed by atoms with Gasteiger partial charge in [0.05, 0.1) is 12.5 Å². The van der Waals surface area contributed by atoms with E-state index in [0.717, 1.165) is 0 Å². The van der Waals surface area contributed by atoms with Crippen LogP contribution in [0.25, 0.3) is 0 Å². The van der Waals surface area contributed by atoms with E-state index in [1.165, 1.54) is 27.9 Å². The van der Waals surface area contributed by atoms with Crippen molar-refractivity contribution in [1.82, 2.24) is 0 Å². The zero-order valence-electron chi connectivity index (χ0n) is 22.6. The fourth-order valence-corrected chi connectivity index (χ4v) is 2.31. The van der Waals surface area contributed by atoms with Crippen molar-refractivity contribution in [3.63, 3.8) is 0 Å². The number of rotatable bonds is 16. The van der Waals surface area contributed by atoms with Gasteiger partial charge in [-0.05, 0) is 27.2 Å². The number of hydrogen-bond donors (Lipinski definition) is 0. The molecule has 0 rings (SSSR count). The first kappa shape index (κ1) is 35.7. The molecule has 37 heavy (non-hydrogen) atoms. The topological polar surface area (TPSA) is 173 Å². The fraction of sp³-hybridized carbons (Fsp3) is 0.680. The van der Waals surface area contributed by atoms with Crippen LogP contribution in [0.2, 0.25) is 0 Å². The molecule has 0 aromatic carbocycles. The van der Waals surface area contributed by atoms with Gasteiger partial charge in [-0.3, -0.25) is 38.4 Å². The second-order valence-electron chi connectivity index (χ2n) is 8.85. The van der Waals surface area contributed by atoms with Crippen LogP contribution in [-0.4, -0.2) is 73.9 Å². The van der Waals surface area contributed by atoms with Gasteiger partial charge in [-0.15, -0.1) is 0 Å². The van der Waals surface area contributed by atoms with Crippen molar-refractivity contribution >= 4 is 47.0 Å². The van der Waals surface area contributed by atoms with Crippen LogP contribution >= 0.6 is 0 Å². The van der Waals surface area contributed by atoms with Gasteiger partial charge in [0, 0.05) is 5.92 Å². The number of carbonyl (C=O) groups excluding carboxylic acids is 8. The Bertz CT molecular complexity index is 762. The second-order valence-corrected chi connectivity index (χ2v) is 8.85. The molecular weight excluding hydrogens is 492 g/mol. The molecule has 0 bridgehead atoms. The maximum atomic E-state index is 11.6. The molecule has 0 aliphatic carbocycles. The lowest BCUT2D eigenvalue weighted by Gasteiger charge is -2.31. The van der Waals surface area contributed by atoms with Crippen molar-refractivity contribution in [2.24, 2.45) is 11.3 Å². The highest BCUT2D eigenvalue weighted by atomic mass is 16.6. The smallest absolute Gasteiger partial charge is 0.313 e. The van der Waals surface area contributed by atoms with E-state index in [9.17, 15) is 38.4 Å². The van der Waals surface area contributed by atoms with Crippen molar-refractivity contribution in [3.05, 3.63) is 0 Å². The lowest BCUT2D eigenvalue weighted by atomic mass is 9.88. The minimum absolute atomic E-state index is 0.0770. The molecule has 0 unspecified atom stereocenters. The molecule has 0 aromatic rings. The monoisotopic (exact) mass is 530 g/mol. The summed E-state index contributed by atoms with van der Waals surface area (Å²) in [6, 6.07) is 0. The first-order valence-corrected chi connectivity index (χ1v) is 11.6. The average molecular weight is 531 g/mol. The van der Waals surface area contributed by atoms with E-state index in [1.54, 1.807) is 20.8 Å². The fourth-order valence-electron chi connectivity index (χ4n) is 2.31. The zero-order valence-corrected chi connectivity index (χ0v) is 22.6. The zero-order chi connectivity index (χ0) is 29.2. The van der Waals surface area contributed by atoms with Crippen molar-refractivity contribution < 1.29 is 57.3 Å². The van der Waals surface area contributed by atoms with E-state index in [2.05, 4.69) is 4.74 Å². The molecule has 0 radical (unpaired) electrons. The van der Waals surface area contributed by atoms with E-state index in [4.69, 9.17) is 14.2 Å². The Hall–Kier alpha value is -3.44. The van der Waals surface area contributed by atoms with Gasteiger partial charge in [0.25, 0.3) is 0 Å². The van der Waals surface area contributed by atoms with E-state index < -0.39 is 48.6 Å². The van der Waals surface area contributed by atoms with Crippen LogP contribution in [0.15, 0.2) is 0 Å². The lowest BCUT2D eigenvalue weighted by molar-refractivity contribution is -0.162. The molecule has 0 aliphatic rings. The summed E-state index contributed by atoms with van der Waals surface area (Å²) in [4.78, 5) is 89.1. The third-order valence-electron chi connectivity index (χ3n) is 4.74. The highest BCUT2D eigenvalue weighted by molar-refractivity contribution is 5.96. The SMILES string of the molecule is CCC(COC(=O)CC(C)=O)(COC(=O)CC(C)=O)COC(=O)CC(C)=O.COC(=O)CC(=O)C(C)C. The van der Waals surface area contributed by atoms with Crippen molar-refractivity contribution in [3.8, 4) is 0 Å². The summed E-state index contributed by atoms with van der Waals surface area (Å²) >= 11 is 0. The molecule has 0 fully saturated rings. The third kappa shape index (κ3) is 19.4. The average Bonchev–Trinajstić information content (AvgIpc) is 2.77. The Kier molecular flexibility index (Phi) is 18.1. The number of ketones is 4. The molecule has 0 amide bonds. The van der Waals surface area contributed by atoms with Crippen LogP contribution in [0.5, 0.6) is 0 Å². The first-order valence-electron chi connectivity index (χ1n) is 11.6. The Morgan fingerprint density at radius 1 is 0.595 bits per heavy atom. The van der Waals surface area contributed by atoms with Gasteiger partial charge in [-0.25, -0.2) is 0 Å². The molecule has 0 atom stereocenters. The maximum Gasteiger partial charge on any atom is 0.313 e. The Morgan fingerprint density at radius 2 is 0.919 bits per heavy atom. The van der Waals surface area contributed by atoms with Gasteiger partial charge in [0.15, 0.2) is 0 Å². The van der Waals surface area contributed by atoms with E-state index in [0.29, 0.717) is 6.42 Å². The predicted octanol–water partition coefficient (Wildman–Crippen LogP) is 1.72. The summed E-state index contributed by atoms with van der Waals surface area (Å²) in [6.07, 6.45) is -1.04. The summed E-state index contributed by atoms with van der Waals surface area (Å²) in [5, 5.41) is 0. The van der Waals surface area contributed by atoms with Gasteiger partial charge in [0.2, 0.25) is 0 Å². The predicted molar refractivity (Wildman–Crippen MR) is 128 cm³/mol. The van der Waals surface area contributed by atoms with Gasteiger partial charge in [-0.1, -0.05) is 20.8 Å². The molecule has 0 heterocycles. The summed E-state index contributed by atoms with van der Waals surface area (Å²) in [6.45, 7) is 8.13. The van der Waals surface area contributed by atoms with Crippen LogP contribution in [0.1, 0.15) is 73.6 Å². The van der Waals surface area contributed by atoms with Gasteiger partial charge >= 0.3 is 23.9 Å².